The Morgan fingerprint density at radius 1 is 1.32 bits per heavy atom. The summed E-state index contributed by atoms with van der Waals surface area (Å²) >= 11 is 0. The molecule has 1 N–H and O–H groups in total. The summed E-state index contributed by atoms with van der Waals surface area (Å²) in [5.41, 5.74) is 1.40. The number of carbonyl (C=O) groups is 1. The maximum Gasteiger partial charge on any atom is 0.165 e. The van der Waals surface area contributed by atoms with Crippen LogP contribution in [0.25, 0.3) is 0 Å². The van der Waals surface area contributed by atoms with Gasteiger partial charge in [0.05, 0.1) is 5.41 Å². The average Bonchev–Trinajstić information content (AvgIpc) is 2.46. The zero-order chi connectivity index (χ0) is 14.5. The van der Waals surface area contributed by atoms with E-state index in [1.807, 2.05) is 58.1 Å². The largest absolute Gasteiger partial charge is 0.462 e. The molecule has 0 saturated carbocycles. The molecule has 0 saturated heterocycles. The molecule has 0 aliphatic carbocycles. The topological polar surface area (TPSA) is 37.3 Å². The quantitative estimate of drug-likeness (QED) is 0.642. The van der Waals surface area contributed by atoms with Gasteiger partial charge in [-0.15, -0.1) is 0 Å². The van der Waals surface area contributed by atoms with Crippen LogP contribution in [0.15, 0.2) is 24.3 Å². The first-order valence-electron chi connectivity index (χ1n) is 6.79. The van der Waals surface area contributed by atoms with Gasteiger partial charge in [0.1, 0.15) is 6.11 Å². The van der Waals surface area contributed by atoms with E-state index in [0.29, 0.717) is 0 Å². The Kier molecular flexibility index (Phi) is 5.18. The first kappa shape index (κ1) is 15.3. The second kappa shape index (κ2) is 6.43. The number of hydrogen-bond donors (Lipinski definition) is 1. The summed E-state index contributed by atoms with van der Waals surface area (Å²) < 4.78 is 0. The normalized spacial score (nSPS) is 14.9. The molecule has 0 amide bonds. The van der Waals surface area contributed by atoms with Gasteiger partial charge in [-0.2, -0.15) is 0 Å². The minimum Gasteiger partial charge on any atom is -0.462 e. The maximum atomic E-state index is 12.1. The van der Waals surface area contributed by atoms with E-state index in [-0.39, 0.29) is 17.1 Å². The van der Waals surface area contributed by atoms with Gasteiger partial charge in [-0.1, -0.05) is 45.0 Å². The summed E-state index contributed by atoms with van der Waals surface area (Å²) in [4.78, 5) is 12.1. The summed E-state index contributed by atoms with van der Waals surface area (Å²) in [7, 11) is 0. The SMILES string of the molecule is CCC(C)C(=O)c1ccc(C(C)(C#CO)CC)cc1. The molecule has 2 heteroatoms. The zero-order valence-corrected chi connectivity index (χ0v) is 12.2. The number of aliphatic hydroxyl groups is 1. The number of carbonyl (C=O) groups excluding carboxylic acids is 1. The van der Waals surface area contributed by atoms with E-state index in [4.69, 9.17) is 5.11 Å². The van der Waals surface area contributed by atoms with Crippen LogP contribution in [0.3, 0.4) is 0 Å². The molecule has 0 spiro atoms. The highest BCUT2D eigenvalue weighted by Gasteiger charge is 2.23. The zero-order valence-electron chi connectivity index (χ0n) is 12.2. The smallest absolute Gasteiger partial charge is 0.165 e. The molecule has 0 heterocycles. The van der Waals surface area contributed by atoms with Crippen LogP contribution in [0.2, 0.25) is 0 Å². The van der Waals surface area contributed by atoms with Crippen molar-refractivity contribution in [3.05, 3.63) is 35.4 Å². The van der Waals surface area contributed by atoms with Crippen molar-refractivity contribution in [1.29, 1.82) is 0 Å². The van der Waals surface area contributed by atoms with Crippen molar-refractivity contribution in [1.82, 2.24) is 0 Å². The lowest BCUT2D eigenvalue weighted by molar-refractivity contribution is 0.0927. The van der Waals surface area contributed by atoms with Gasteiger partial charge in [-0.05, 0) is 31.2 Å². The van der Waals surface area contributed by atoms with E-state index in [0.717, 1.165) is 24.0 Å². The summed E-state index contributed by atoms with van der Waals surface area (Å²) in [5, 5.41) is 8.83. The standard InChI is InChI=1S/C17H22O2/c1-5-13(3)16(19)14-7-9-15(10-8-14)17(4,6-2)11-12-18/h7-10,13,18H,5-6H2,1-4H3. The monoisotopic (exact) mass is 258 g/mol. The highest BCUT2D eigenvalue weighted by atomic mass is 16.2. The fourth-order valence-electron chi connectivity index (χ4n) is 1.96. The van der Waals surface area contributed by atoms with Crippen LogP contribution in [0.1, 0.15) is 56.5 Å². The molecule has 1 aromatic rings. The molecule has 2 unspecified atom stereocenters. The van der Waals surface area contributed by atoms with Crippen molar-refractivity contribution in [2.45, 2.75) is 46.0 Å². The molecule has 0 radical (unpaired) electrons. The molecule has 2 nitrogen and oxygen atoms in total. The van der Waals surface area contributed by atoms with Crippen LogP contribution in [0, 0.1) is 17.9 Å². The van der Waals surface area contributed by atoms with Gasteiger partial charge in [-0.25, -0.2) is 0 Å². The number of benzene rings is 1. The Morgan fingerprint density at radius 3 is 2.32 bits per heavy atom. The fraction of sp³-hybridized carbons (Fsp3) is 0.471. The van der Waals surface area contributed by atoms with Crippen molar-refractivity contribution >= 4 is 5.78 Å². The van der Waals surface area contributed by atoms with Gasteiger partial charge in [0.2, 0.25) is 0 Å². The Hall–Kier alpha value is -1.75. The predicted octanol–water partition coefficient (Wildman–Crippen LogP) is 3.92. The number of Topliss-reactive ketones (excluding diaryl/α,β-unsaturated/α-hetero) is 1. The fourth-order valence-corrected chi connectivity index (χ4v) is 1.96. The van der Waals surface area contributed by atoms with E-state index in [2.05, 4.69) is 5.92 Å². The van der Waals surface area contributed by atoms with Crippen LogP contribution in [0.4, 0.5) is 0 Å². The van der Waals surface area contributed by atoms with Gasteiger partial charge in [0, 0.05) is 11.5 Å². The second-order valence-electron chi connectivity index (χ2n) is 5.17. The van der Waals surface area contributed by atoms with Crippen molar-refractivity contribution in [3.8, 4) is 12.0 Å². The summed E-state index contributed by atoms with van der Waals surface area (Å²) in [6.07, 6.45) is 3.66. The van der Waals surface area contributed by atoms with Crippen LogP contribution in [0.5, 0.6) is 0 Å². The molecule has 2 atom stereocenters. The molecule has 1 rings (SSSR count). The number of ketones is 1. The Morgan fingerprint density at radius 2 is 1.89 bits per heavy atom. The minimum absolute atomic E-state index is 0.0562. The lowest BCUT2D eigenvalue weighted by Crippen LogP contribution is -2.19. The Balaban J connectivity index is 3.04. The van der Waals surface area contributed by atoms with E-state index >= 15 is 0 Å². The van der Waals surface area contributed by atoms with E-state index in [9.17, 15) is 4.79 Å². The van der Waals surface area contributed by atoms with Crippen molar-refractivity contribution in [3.63, 3.8) is 0 Å². The predicted molar refractivity (Wildman–Crippen MR) is 77.6 cm³/mol. The van der Waals surface area contributed by atoms with Crippen LogP contribution < -0.4 is 0 Å². The van der Waals surface area contributed by atoms with E-state index in [1.165, 1.54) is 0 Å². The molecule has 0 aromatic heterocycles. The molecule has 0 fully saturated rings. The Bertz CT molecular complexity index is 490. The first-order valence-corrected chi connectivity index (χ1v) is 6.79. The van der Waals surface area contributed by atoms with Crippen LogP contribution >= 0.6 is 0 Å². The van der Waals surface area contributed by atoms with Gasteiger partial charge >= 0.3 is 0 Å². The molecule has 0 aliphatic heterocycles. The minimum atomic E-state index is -0.368. The van der Waals surface area contributed by atoms with Gasteiger partial charge in [0.25, 0.3) is 0 Å². The van der Waals surface area contributed by atoms with Gasteiger partial charge in [-0.3, -0.25) is 4.79 Å². The molecule has 19 heavy (non-hydrogen) atoms. The van der Waals surface area contributed by atoms with Crippen LogP contribution in [-0.2, 0) is 5.41 Å². The third-order valence-corrected chi connectivity index (χ3v) is 3.91. The van der Waals surface area contributed by atoms with E-state index < -0.39 is 0 Å². The molecule has 102 valence electrons. The number of aliphatic hydroxyl groups excluding tert-OH is 1. The van der Waals surface area contributed by atoms with Crippen molar-refractivity contribution in [2.24, 2.45) is 5.92 Å². The second-order valence-corrected chi connectivity index (χ2v) is 5.17. The molecular weight excluding hydrogens is 236 g/mol. The molecular formula is C17H22O2. The highest BCUT2D eigenvalue weighted by molar-refractivity contribution is 5.97. The summed E-state index contributed by atoms with van der Waals surface area (Å²) in [6, 6.07) is 7.58. The molecule has 1 aromatic carbocycles. The number of hydrogen-bond acceptors (Lipinski definition) is 2. The molecule has 0 aliphatic rings. The summed E-state index contributed by atoms with van der Waals surface area (Å²) in [6.45, 7) is 7.98. The maximum absolute atomic E-state index is 12.1. The number of rotatable bonds is 5. The lowest BCUT2D eigenvalue weighted by Gasteiger charge is -2.22. The highest BCUT2D eigenvalue weighted by Crippen LogP contribution is 2.27. The Labute approximate surface area is 115 Å². The summed E-state index contributed by atoms with van der Waals surface area (Å²) in [5.74, 6) is 3.07. The van der Waals surface area contributed by atoms with Gasteiger partial charge < -0.3 is 5.11 Å². The first-order chi connectivity index (χ1) is 8.98. The van der Waals surface area contributed by atoms with Crippen molar-refractivity contribution < 1.29 is 9.90 Å². The van der Waals surface area contributed by atoms with E-state index in [1.54, 1.807) is 0 Å². The third-order valence-electron chi connectivity index (χ3n) is 3.91. The average molecular weight is 258 g/mol. The van der Waals surface area contributed by atoms with Crippen LogP contribution in [-0.4, -0.2) is 10.9 Å². The molecule has 0 bridgehead atoms. The lowest BCUT2D eigenvalue weighted by atomic mass is 9.80. The van der Waals surface area contributed by atoms with Gasteiger partial charge in [0.15, 0.2) is 5.78 Å². The van der Waals surface area contributed by atoms with Crippen molar-refractivity contribution in [2.75, 3.05) is 0 Å². The third kappa shape index (κ3) is 3.38.